The Hall–Kier alpha value is -2.75. The van der Waals surface area contributed by atoms with E-state index in [1.54, 1.807) is 6.20 Å². The Morgan fingerprint density at radius 1 is 0.950 bits per heavy atom. The molecule has 3 aromatic rings. The molecular weight excluding hydrogens is 248 g/mol. The monoisotopic (exact) mass is 262 g/mol. The van der Waals surface area contributed by atoms with Crippen molar-refractivity contribution in [2.75, 3.05) is 5.73 Å². The molecule has 3 rings (SSSR count). The fourth-order valence-corrected chi connectivity index (χ4v) is 2.07. The van der Waals surface area contributed by atoms with E-state index in [2.05, 4.69) is 15.2 Å². The van der Waals surface area contributed by atoms with Gasteiger partial charge in [0.15, 0.2) is 5.82 Å². The van der Waals surface area contributed by atoms with E-state index in [9.17, 15) is 0 Å². The predicted molar refractivity (Wildman–Crippen MR) is 81.5 cm³/mol. The summed E-state index contributed by atoms with van der Waals surface area (Å²) in [4.78, 5) is 4.17. The van der Waals surface area contributed by atoms with Gasteiger partial charge in [0.2, 0.25) is 0 Å². The summed E-state index contributed by atoms with van der Waals surface area (Å²) in [5.41, 5.74) is 8.61. The van der Waals surface area contributed by atoms with Gasteiger partial charge in [0.1, 0.15) is 0 Å². The summed E-state index contributed by atoms with van der Waals surface area (Å²) in [6.45, 7) is 2.00. The minimum absolute atomic E-state index is 0.603. The summed E-state index contributed by atoms with van der Waals surface area (Å²) in [6, 6.07) is 15.4. The number of anilines is 1. The number of hydrogen-bond donors (Lipinski definition) is 1. The lowest BCUT2D eigenvalue weighted by Crippen LogP contribution is -1.86. The smallest absolute Gasteiger partial charge is 0.174 e. The van der Waals surface area contributed by atoms with Crippen molar-refractivity contribution in [3.05, 3.63) is 60.3 Å². The molecule has 0 atom stereocenters. The predicted octanol–water partition coefficient (Wildman–Crippen LogP) is 4.54. The Bertz CT molecular complexity index is 793. The van der Waals surface area contributed by atoms with Crippen molar-refractivity contribution >= 4 is 28.0 Å². The highest BCUT2D eigenvalue weighted by Gasteiger charge is 2.02. The van der Waals surface area contributed by atoms with E-state index >= 15 is 0 Å². The van der Waals surface area contributed by atoms with Crippen LogP contribution in [0.5, 0.6) is 0 Å². The Kier molecular flexibility index (Phi) is 3.13. The molecule has 1 aromatic heterocycles. The van der Waals surface area contributed by atoms with Crippen molar-refractivity contribution in [1.82, 2.24) is 4.98 Å². The van der Waals surface area contributed by atoms with Crippen molar-refractivity contribution in [2.45, 2.75) is 6.92 Å². The van der Waals surface area contributed by atoms with Gasteiger partial charge in [-0.25, -0.2) is 4.98 Å². The summed E-state index contributed by atoms with van der Waals surface area (Å²) in [5.74, 6) is 0.603. The van der Waals surface area contributed by atoms with Crippen molar-refractivity contribution < 1.29 is 0 Å². The van der Waals surface area contributed by atoms with Crippen LogP contribution in [0.25, 0.3) is 10.8 Å². The van der Waals surface area contributed by atoms with Crippen LogP contribution in [0.1, 0.15) is 5.56 Å². The minimum Gasteiger partial charge on any atom is -0.398 e. The number of rotatable bonds is 2. The van der Waals surface area contributed by atoms with Crippen molar-refractivity contribution in [3.8, 4) is 0 Å². The molecule has 0 bridgehead atoms. The number of nitrogens with two attached hydrogens (primary N) is 1. The molecule has 4 heteroatoms. The maximum atomic E-state index is 5.97. The molecule has 0 aliphatic carbocycles. The van der Waals surface area contributed by atoms with E-state index in [4.69, 9.17) is 5.73 Å². The maximum Gasteiger partial charge on any atom is 0.174 e. The SMILES string of the molecule is Cc1ccnc(N=Nc2ccc(N)c3ccccc23)c1. The Morgan fingerprint density at radius 3 is 2.55 bits per heavy atom. The number of aromatic nitrogens is 1. The summed E-state index contributed by atoms with van der Waals surface area (Å²) in [6.07, 6.45) is 1.73. The quantitative estimate of drug-likeness (QED) is 0.544. The molecule has 2 N–H and O–H groups in total. The van der Waals surface area contributed by atoms with Crippen LogP contribution in [0.3, 0.4) is 0 Å². The molecule has 0 amide bonds. The second-order valence-corrected chi connectivity index (χ2v) is 4.61. The van der Waals surface area contributed by atoms with E-state index < -0.39 is 0 Å². The second-order valence-electron chi connectivity index (χ2n) is 4.61. The van der Waals surface area contributed by atoms with Crippen molar-refractivity contribution in [1.29, 1.82) is 0 Å². The highest BCUT2D eigenvalue weighted by molar-refractivity contribution is 5.99. The second kappa shape index (κ2) is 5.09. The molecule has 98 valence electrons. The van der Waals surface area contributed by atoms with Gasteiger partial charge in [0.05, 0.1) is 5.69 Å². The summed E-state index contributed by atoms with van der Waals surface area (Å²) in [7, 11) is 0. The maximum absolute atomic E-state index is 5.97. The van der Waals surface area contributed by atoms with Crippen LogP contribution in [0.4, 0.5) is 17.2 Å². The number of hydrogen-bond acceptors (Lipinski definition) is 4. The molecule has 0 saturated heterocycles. The van der Waals surface area contributed by atoms with E-state index in [1.807, 2.05) is 55.5 Å². The average Bonchev–Trinajstić information content (AvgIpc) is 2.47. The Morgan fingerprint density at radius 2 is 1.75 bits per heavy atom. The largest absolute Gasteiger partial charge is 0.398 e. The first-order valence-electron chi connectivity index (χ1n) is 6.36. The van der Waals surface area contributed by atoms with Gasteiger partial charge in [-0.05, 0) is 36.8 Å². The standard InChI is InChI=1S/C16H14N4/c1-11-8-9-18-16(10-11)20-19-15-7-6-14(17)12-4-2-3-5-13(12)15/h2-10H,17H2,1H3. The first kappa shape index (κ1) is 12.3. The molecule has 0 aliphatic heterocycles. The number of aryl methyl sites for hydroxylation is 1. The first-order valence-corrected chi connectivity index (χ1v) is 6.36. The van der Waals surface area contributed by atoms with Gasteiger partial charge in [-0.2, -0.15) is 0 Å². The van der Waals surface area contributed by atoms with Crippen LogP contribution in [-0.4, -0.2) is 4.98 Å². The van der Waals surface area contributed by atoms with Gasteiger partial charge >= 0.3 is 0 Å². The number of nitrogen functional groups attached to an aromatic ring is 1. The molecule has 2 aromatic carbocycles. The number of benzene rings is 2. The van der Waals surface area contributed by atoms with Gasteiger partial charge in [0, 0.05) is 22.7 Å². The van der Waals surface area contributed by atoms with Crippen LogP contribution in [-0.2, 0) is 0 Å². The van der Waals surface area contributed by atoms with E-state index in [-0.39, 0.29) is 0 Å². The molecule has 20 heavy (non-hydrogen) atoms. The Balaban J connectivity index is 2.05. The molecule has 4 nitrogen and oxygen atoms in total. The van der Waals surface area contributed by atoms with Crippen LogP contribution in [0, 0.1) is 6.92 Å². The molecular formula is C16H14N4. The molecule has 1 heterocycles. The van der Waals surface area contributed by atoms with E-state index in [1.165, 1.54) is 0 Å². The van der Waals surface area contributed by atoms with Gasteiger partial charge in [-0.15, -0.1) is 10.2 Å². The first-order chi connectivity index (χ1) is 9.74. The fraction of sp³-hybridized carbons (Fsp3) is 0.0625. The third-order valence-electron chi connectivity index (χ3n) is 3.10. The summed E-state index contributed by atoms with van der Waals surface area (Å²) in [5, 5.41) is 10.5. The van der Waals surface area contributed by atoms with Crippen LogP contribution in [0.15, 0.2) is 65.0 Å². The molecule has 0 aliphatic rings. The lowest BCUT2D eigenvalue weighted by molar-refractivity contribution is 1.15. The zero-order valence-electron chi connectivity index (χ0n) is 11.1. The van der Waals surface area contributed by atoms with Crippen LogP contribution < -0.4 is 5.73 Å². The summed E-state index contributed by atoms with van der Waals surface area (Å²) >= 11 is 0. The van der Waals surface area contributed by atoms with E-state index in [0.29, 0.717) is 5.82 Å². The van der Waals surface area contributed by atoms with Crippen LogP contribution >= 0.6 is 0 Å². The lowest BCUT2D eigenvalue weighted by atomic mass is 10.1. The van der Waals surface area contributed by atoms with Gasteiger partial charge in [-0.1, -0.05) is 24.3 Å². The summed E-state index contributed by atoms with van der Waals surface area (Å²) < 4.78 is 0. The molecule has 0 unspecified atom stereocenters. The van der Waals surface area contributed by atoms with Gasteiger partial charge in [0.25, 0.3) is 0 Å². The van der Waals surface area contributed by atoms with Gasteiger partial charge in [-0.3, -0.25) is 0 Å². The number of azo groups is 1. The van der Waals surface area contributed by atoms with Crippen molar-refractivity contribution in [3.63, 3.8) is 0 Å². The third-order valence-corrected chi connectivity index (χ3v) is 3.10. The number of pyridine rings is 1. The number of fused-ring (bicyclic) bond motifs is 1. The average molecular weight is 262 g/mol. The van der Waals surface area contributed by atoms with Crippen LogP contribution in [0.2, 0.25) is 0 Å². The Labute approximate surface area is 117 Å². The third kappa shape index (κ3) is 2.36. The highest BCUT2D eigenvalue weighted by Crippen LogP contribution is 2.31. The molecule has 0 fully saturated rings. The van der Waals surface area contributed by atoms with Gasteiger partial charge < -0.3 is 5.73 Å². The number of nitrogens with zero attached hydrogens (tertiary/aromatic N) is 3. The topological polar surface area (TPSA) is 63.6 Å². The fourth-order valence-electron chi connectivity index (χ4n) is 2.07. The highest BCUT2D eigenvalue weighted by atomic mass is 15.1. The lowest BCUT2D eigenvalue weighted by Gasteiger charge is -2.04. The van der Waals surface area contributed by atoms with Crippen molar-refractivity contribution in [2.24, 2.45) is 10.2 Å². The zero-order valence-corrected chi connectivity index (χ0v) is 11.1. The minimum atomic E-state index is 0.603. The molecule has 0 radical (unpaired) electrons. The molecule has 0 spiro atoms. The molecule has 0 saturated carbocycles. The normalized spacial score (nSPS) is 11.2. The van der Waals surface area contributed by atoms with E-state index in [0.717, 1.165) is 27.7 Å². The zero-order chi connectivity index (χ0) is 13.9.